The van der Waals surface area contributed by atoms with Crippen molar-refractivity contribution >= 4 is 57.4 Å². The van der Waals surface area contributed by atoms with E-state index in [4.69, 9.17) is 23.2 Å². The number of carbonyl (C=O) groups is 1. The number of carbonyl (C=O) groups excluding carboxylic acids is 1. The van der Waals surface area contributed by atoms with Gasteiger partial charge in [-0.2, -0.15) is 10.2 Å². The number of hydrogen-bond acceptors (Lipinski definition) is 3. The molecule has 0 radical (unpaired) electrons. The smallest absolute Gasteiger partial charge is 0.277 e. The van der Waals surface area contributed by atoms with E-state index in [0.717, 1.165) is 20.5 Å². The molecule has 1 amide bonds. The van der Waals surface area contributed by atoms with Crippen molar-refractivity contribution in [2.45, 2.75) is 20.4 Å². The minimum atomic E-state index is -0.259. The molecule has 0 atom stereocenters. The van der Waals surface area contributed by atoms with Gasteiger partial charge in [-0.25, -0.2) is 0 Å². The summed E-state index contributed by atoms with van der Waals surface area (Å²) in [6, 6.07) is 5.37. The molecule has 0 spiro atoms. The third-order valence-electron chi connectivity index (χ3n) is 3.95. The number of rotatable bonds is 4. The SMILES string of the molecule is Cc1nn(Cc2ccc(Cl)cc2Cl)c(C)c1NC(=O)c1nn(C)cc1I. The minimum absolute atomic E-state index is 0.259. The van der Waals surface area contributed by atoms with E-state index in [-0.39, 0.29) is 5.91 Å². The van der Waals surface area contributed by atoms with Gasteiger partial charge in [0, 0.05) is 23.3 Å². The maximum Gasteiger partial charge on any atom is 0.277 e. The van der Waals surface area contributed by atoms with E-state index in [2.05, 4.69) is 38.1 Å². The molecule has 6 nitrogen and oxygen atoms in total. The monoisotopic (exact) mass is 503 g/mol. The van der Waals surface area contributed by atoms with Crippen LogP contribution in [0.1, 0.15) is 27.4 Å². The van der Waals surface area contributed by atoms with Crippen molar-refractivity contribution in [3.8, 4) is 0 Å². The van der Waals surface area contributed by atoms with Gasteiger partial charge in [-0.1, -0.05) is 29.3 Å². The Hall–Kier alpha value is -1.58. The fourth-order valence-electron chi connectivity index (χ4n) is 2.63. The molecule has 1 aromatic carbocycles. The lowest BCUT2D eigenvalue weighted by atomic mass is 10.2. The first-order valence-electron chi connectivity index (χ1n) is 7.74. The molecule has 0 aliphatic carbocycles. The number of benzene rings is 1. The predicted molar refractivity (Wildman–Crippen MR) is 111 cm³/mol. The highest BCUT2D eigenvalue weighted by Crippen LogP contribution is 2.25. The molecule has 0 aliphatic heterocycles. The lowest BCUT2D eigenvalue weighted by Crippen LogP contribution is -2.15. The van der Waals surface area contributed by atoms with E-state index in [1.54, 1.807) is 30.1 Å². The van der Waals surface area contributed by atoms with E-state index in [1.807, 2.05) is 24.6 Å². The summed E-state index contributed by atoms with van der Waals surface area (Å²) in [5.74, 6) is -0.259. The first kappa shape index (κ1) is 19.2. The number of halogens is 3. The number of nitrogens with one attached hydrogen (secondary N) is 1. The van der Waals surface area contributed by atoms with Crippen LogP contribution in [0, 0.1) is 17.4 Å². The Bertz CT molecular complexity index is 995. The van der Waals surface area contributed by atoms with Crippen LogP contribution < -0.4 is 5.32 Å². The fraction of sp³-hybridized carbons (Fsp3) is 0.235. The van der Waals surface area contributed by atoms with E-state index < -0.39 is 0 Å². The molecule has 3 rings (SSSR count). The Kier molecular flexibility index (Phi) is 5.59. The van der Waals surface area contributed by atoms with Crippen LogP contribution in [0.5, 0.6) is 0 Å². The third kappa shape index (κ3) is 3.89. The summed E-state index contributed by atoms with van der Waals surface area (Å²) < 4.78 is 4.21. The van der Waals surface area contributed by atoms with Gasteiger partial charge in [0.05, 0.1) is 27.2 Å². The van der Waals surface area contributed by atoms with Gasteiger partial charge in [-0.15, -0.1) is 0 Å². The molecule has 3 aromatic rings. The van der Waals surface area contributed by atoms with E-state index >= 15 is 0 Å². The van der Waals surface area contributed by atoms with Gasteiger partial charge in [0.2, 0.25) is 0 Å². The fourth-order valence-corrected chi connectivity index (χ4v) is 3.85. The van der Waals surface area contributed by atoms with Gasteiger partial charge in [0.15, 0.2) is 5.69 Å². The quantitative estimate of drug-likeness (QED) is 0.535. The van der Waals surface area contributed by atoms with Crippen molar-refractivity contribution in [3.63, 3.8) is 0 Å². The van der Waals surface area contributed by atoms with Gasteiger partial charge in [0.1, 0.15) is 0 Å². The second-order valence-corrected chi connectivity index (χ2v) is 7.90. The van der Waals surface area contributed by atoms with Gasteiger partial charge in [-0.05, 0) is 54.1 Å². The lowest BCUT2D eigenvalue weighted by molar-refractivity contribution is 0.102. The number of anilines is 1. The lowest BCUT2D eigenvalue weighted by Gasteiger charge is -2.08. The van der Waals surface area contributed by atoms with Crippen LogP contribution in [0.4, 0.5) is 5.69 Å². The zero-order valence-corrected chi connectivity index (χ0v) is 18.0. The Morgan fingerprint density at radius 3 is 2.62 bits per heavy atom. The van der Waals surface area contributed by atoms with Crippen LogP contribution in [-0.4, -0.2) is 25.5 Å². The van der Waals surface area contributed by atoms with Crippen molar-refractivity contribution in [1.82, 2.24) is 19.6 Å². The van der Waals surface area contributed by atoms with Crippen LogP contribution >= 0.6 is 45.8 Å². The standard InChI is InChI=1S/C17H16Cl2IN5O/c1-9-15(21-17(26)16-14(20)8-24(3)23-16)10(2)25(22-9)7-11-4-5-12(18)6-13(11)19/h4-6,8H,7H2,1-3H3,(H,21,26). The van der Waals surface area contributed by atoms with Crippen LogP contribution in [0.3, 0.4) is 0 Å². The van der Waals surface area contributed by atoms with Crippen LogP contribution in [0.25, 0.3) is 0 Å². The molecule has 0 bridgehead atoms. The largest absolute Gasteiger partial charge is 0.317 e. The molecule has 0 saturated heterocycles. The molecule has 0 saturated carbocycles. The minimum Gasteiger partial charge on any atom is -0.317 e. The number of aryl methyl sites for hydroxylation is 2. The topological polar surface area (TPSA) is 64.7 Å². The van der Waals surface area contributed by atoms with Crippen LogP contribution in [0.15, 0.2) is 24.4 Å². The Balaban J connectivity index is 1.86. The van der Waals surface area contributed by atoms with Crippen molar-refractivity contribution in [2.24, 2.45) is 7.05 Å². The molecule has 1 N–H and O–H groups in total. The zero-order valence-electron chi connectivity index (χ0n) is 14.3. The Morgan fingerprint density at radius 1 is 1.27 bits per heavy atom. The summed E-state index contributed by atoms with van der Waals surface area (Å²) in [4.78, 5) is 12.5. The van der Waals surface area contributed by atoms with Crippen LogP contribution in [-0.2, 0) is 13.6 Å². The summed E-state index contributed by atoms with van der Waals surface area (Å²) >= 11 is 14.3. The first-order chi connectivity index (χ1) is 12.3. The Morgan fingerprint density at radius 2 is 2.00 bits per heavy atom. The molecule has 0 unspecified atom stereocenters. The van der Waals surface area contributed by atoms with E-state index in [1.165, 1.54) is 0 Å². The summed E-state index contributed by atoms with van der Waals surface area (Å²) in [5.41, 5.74) is 3.54. The molecule has 2 heterocycles. The highest BCUT2D eigenvalue weighted by atomic mass is 127. The average molecular weight is 504 g/mol. The number of amides is 1. The molecule has 9 heteroatoms. The second-order valence-electron chi connectivity index (χ2n) is 5.89. The van der Waals surface area contributed by atoms with E-state index in [9.17, 15) is 4.79 Å². The maximum absolute atomic E-state index is 12.5. The van der Waals surface area contributed by atoms with Gasteiger partial charge in [-0.3, -0.25) is 14.2 Å². The van der Waals surface area contributed by atoms with Crippen molar-refractivity contribution in [3.05, 3.63) is 60.7 Å². The summed E-state index contributed by atoms with van der Waals surface area (Å²) in [6.07, 6.45) is 1.79. The molecular weight excluding hydrogens is 488 g/mol. The number of nitrogens with zero attached hydrogens (tertiary/aromatic N) is 4. The summed E-state index contributed by atoms with van der Waals surface area (Å²) in [6.45, 7) is 4.24. The molecule has 0 fully saturated rings. The molecule has 2 aromatic heterocycles. The van der Waals surface area contributed by atoms with Gasteiger partial charge < -0.3 is 5.32 Å². The highest BCUT2D eigenvalue weighted by molar-refractivity contribution is 14.1. The summed E-state index contributed by atoms with van der Waals surface area (Å²) in [7, 11) is 1.78. The Labute approximate surface area is 174 Å². The zero-order chi connectivity index (χ0) is 19.0. The number of hydrogen-bond donors (Lipinski definition) is 1. The van der Waals surface area contributed by atoms with Gasteiger partial charge in [0.25, 0.3) is 5.91 Å². The third-order valence-corrected chi connectivity index (χ3v) is 5.33. The van der Waals surface area contributed by atoms with Crippen molar-refractivity contribution in [2.75, 3.05) is 5.32 Å². The normalized spacial score (nSPS) is 11.0. The maximum atomic E-state index is 12.5. The first-order valence-corrected chi connectivity index (χ1v) is 9.58. The molecular formula is C17H16Cl2IN5O. The van der Waals surface area contributed by atoms with Crippen molar-refractivity contribution < 1.29 is 4.79 Å². The average Bonchev–Trinajstić information content (AvgIpc) is 3.03. The number of aromatic nitrogens is 4. The van der Waals surface area contributed by atoms with E-state index in [0.29, 0.717) is 28.0 Å². The van der Waals surface area contributed by atoms with Gasteiger partial charge >= 0.3 is 0 Å². The highest BCUT2D eigenvalue weighted by Gasteiger charge is 2.19. The van der Waals surface area contributed by atoms with Crippen LogP contribution in [0.2, 0.25) is 10.0 Å². The molecule has 26 heavy (non-hydrogen) atoms. The predicted octanol–water partition coefficient (Wildman–Crippen LogP) is 4.45. The molecule has 0 aliphatic rings. The van der Waals surface area contributed by atoms with Crippen molar-refractivity contribution in [1.29, 1.82) is 0 Å². The second kappa shape index (κ2) is 7.58. The summed E-state index contributed by atoms with van der Waals surface area (Å²) in [5, 5.41) is 12.8. The molecule has 136 valence electrons.